The number of carbonyl (C=O) groups is 2. The van der Waals surface area contributed by atoms with Crippen molar-refractivity contribution in [3.05, 3.63) is 34.3 Å². The van der Waals surface area contributed by atoms with E-state index in [0.717, 1.165) is 10.0 Å². The number of amides is 1. The van der Waals surface area contributed by atoms with E-state index in [9.17, 15) is 9.59 Å². The molecular weight excluding hydrogens is 330 g/mol. The third-order valence-electron chi connectivity index (χ3n) is 2.35. The zero-order valence-electron chi connectivity index (χ0n) is 10.4. The zero-order valence-corrected chi connectivity index (χ0v) is 12.8. The van der Waals surface area contributed by atoms with Gasteiger partial charge in [-0.3, -0.25) is 9.59 Å². The highest BCUT2D eigenvalue weighted by molar-refractivity contribution is 9.10. The zero-order chi connectivity index (χ0) is 14.1. The molecule has 0 bridgehead atoms. The first-order valence-electron chi connectivity index (χ1n) is 5.88. The van der Waals surface area contributed by atoms with Gasteiger partial charge < -0.3 is 10.4 Å². The van der Waals surface area contributed by atoms with Crippen LogP contribution in [0.25, 0.3) is 0 Å². The van der Waals surface area contributed by atoms with Crippen molar-refractivity contribution in [2.45, 2.75) is 12.8 Å². The number of hydrogen-bond acceptors (Lipinski definition) is 3. The van der Waals surface area contributed by atoms with E-state index in [1.54, 1.807) is 0 Å². The maximum atomic E-state index is 11.5. The lowest BCUT2D eigenvalue weighted by Crippen LogP contribution is -2.26. The van der Waals surface area contributed by atoms with Crippen LogP contribution >= 0.6 is 27.7 Å². The number of aryl methyl sites for hydroxylation is 1. The molecule has 0 fully saturated rings. The van der Waals surface area contributed by atoms with Gasteiger partial charge in [0.2, 0.25) is 5.91 Å². The molecule has 19 heavy (non-hydrogen) atoms. The number of carboxylic acid groups (broad SMARTS) is 1. The van der Waals surface area contributed by atoms with Gasteiger partial charge in [-0.25, -0.2) is 0 Å². The topological polar surface area (TPSA) is 66.4 Å². The highest BCUT2D eigenvalue weighted by Gasteiger charge is 2.02. The summed E-state index contributed by atoms with van der Waals surface area (Å²) in [5, 5.41) is 11.2. The second-order valence-electron chi connectivity index (χ2n) is 3.92. The highest BCUT2D eigenvalue weighted by Crippen LogP contribution is 2.11. The first-order valence-corrected chi connectivity index (χ1v) is 7.83. The van der Waals surface area contributed by atoms with E-state index >= 15 is 0 Å². The fourth-order valence-corrected chi connectivity index (χ4v) is 2.25. The van der Waals surface area contributed by atoms with Crippen molar-refractivity contribution in [1.29, 1.82) is 0 Å². The van der Waals surface area contributed by atoms with Crippen LogP contribution in [0, 0.1) is 0 Å². The molecule has 1 amide bonds. The second kappa shape index (κ2) is 8.98. The monoisotopic (exact) mass is 345 g/mol. The van der Waals surface area contributed by atoms with Crippen LogP contribution in [0.1, 0.15) is 12.0 Å². The molecule has 0 aliphatic carbocycles. The van der Waals surface area contributed by atoms with Gasteiger partial charge >= 0.3 is 5.97 Å². The quantitative estimate of drug-likeness (QED) is 0.709. The van der Waals surface area contributed by atoms with Crippen molar-refractivity contribution in [3.8, 4) is 0 Å². The Labute approximate surface area is 125 Å². The fourth-order valence-electron chi connectivity index (χ4n) is 1.42. The standard InChI is InChI=1S/C13H16BrNO3S/c14-11-4-1-10(2-5-11)3-6-12(16)15-7-8-19-9-13(17)18/h1-2,4-5H,3,6-9H2,(H,15,16)(H,17,18). The molecule has 0 unspecified atom stereocenters. The van der Waals surface area contributed by atoms with Crippen LogP contribution in [0.5, 0.6) is 0 Å². The Hall–Kier alpha value is -1.01. The number of carboxylic acids is 1. The molecule has 1 aromatic rings. The summed E-state index contributed by atoms with van der Waals surface area (Å²) in [4.78, 5) is 21.8. The Morgan fingerprint density at radius 1 is 1.26 bits per heavy atom. The van der Waals surface area contributed by atoms with Crippen molar-refractivity contribution in [3.63, 3.8) is 0 Å². The summed E-state index contributed by atoms with van der Waals surface area (Å²) < 4.78 is 1.02. The summed E-state index contributed by atoms with van der Waals surface area (Å²) in [5.41, 5.74) is 1.12. The smallest absolute Gasteiger partial charge is 0.313 e. The van der Waals surface area contributed by atoms with E-state index in [0.29, 0.717) is 25.1 Å². The Morgan fingerprint density at radius 3 is 2.58 bits per heavy atom. The molecule has 1 aromatic carbocycles. The molecule has 0 heterocycles. The predicted molar refractivity (Wildman–Crippen MR) is 80.4 cm³/mol. The van der Waals surface area contributed by atoms with Crippen LogP contribution in [0.2, 0.25) is 0 Å². The highest BCUT2D eigenvalue weighted by atomic mass is 79.9. The third kappa shape index (κ3) is 7.89. The molecule has 2 N–H and O–H groups in total. The van der Waals surface area contributed by atoms with Gasteiger partial charge in [0.05, 0.1) is 5.75 Å². The molecule has 0 saturated heterocycles. The van der Waals surface area contributed by atoms with Gasteiger partial charge in [0.25, 0.3) is 0 Å². The van der Waals surface area contributed by atoms with Crippen LogP contribution < -0.4 is 5.32 Å². The van der Waals surface area contributed by atoms with Crippen LogP contribution in [-0.4, -0.2) is 35.0 Å². The summed E-state index contributed by atoms with van der Waals surface area (Å²) in [7, 11) is 0. The van der Waals surface area contributed by atoms with Gasteiger partial charge in [0.1, 0.15) is 0 Å². The van der Waals surface area contributed by atoms with Gasteiger partial charge in [0.15, 0.2) is 0 Å². The van der Waals surface area contributed by atoms with Crippen LogP contribution in [0.3, 0.4) is 0 Å². The van der Waals surface area contributed by atoms with Crippen LogP contribution in [0.15, 0.2) is 28.7 Å². The van der Waals surface area contributed by atoms with Crippen LogP contribution in [-0.2, 0) is 16.0 Å². The molecule has 0 radical (unpaired) electrons. The van der Waals surface area contributed by atoms with E-state index in [1.165, 1.54) is 11.8 Å². The minimum atomic E-state index is -0.827. The molecular formula is C13H16BrNO3S. The summed E-state index contributed by atoms with van der Waals surface area (Å²) in [6.07, 6.45) is 1.16. The lowest BCUT2D eigenvalue weighted by molar-refractivity contribution is -0.133. The molecule has 104 valence electrons. The molecule has 6 heteroatoms. The number of benzene rings is 1. The summed E-state index contributed by atoms with van der Waals surface area (Å²) in [5.74, 6) is -0.129. The second-order valence-corrected chi connectivity index (χ2v) is 5.94. The van der Waals surface area contributed by atoms with Gasteiger partial charge in [-0.05, 0) is 24.1 Å². The van der Waals surface area contributed by atoms with Crippen molar-refractivity contribution >= 4 is 39.6 Å². The molecule has 4 nitrogen and oxygen atoms in total. The maximum absolute atomic E-state index is 11.5. The average molecular weight is 346 g/mol. The normalized spacial score (nSPS) is 10.2. The van der Waals surface area contributed by atoms with Gasteiger partial charge in [-0.1, -0.05) is 28.1 Å². The van der Waals surface area contributed by atoms with Gasteiger partial charge in [0, 0.05) is 23.2 Å². The molecule has 0 aliphatic rings. The Kier molecular flexibility index (Phi) is 7.59. The van der Waals surface area contributed by atoms with E-state index in [4.69, 9.17) is 5.11 Å². The Balaban J connectivity index is 2.11. The molecule has 0 aliphatic heterocycles. The van der Waals surface area contributed by atoms with E-state index in [-0.39, 0.29) is 11.7 Å². The van der Waals surface area contributed by atoms with Crippen molar-refractivity contribution in [2.75, 3.05) is 18.1 Å². The lowest BCUT2D eigenvalue weighted by Gasteiger charge is -2.05. The van der Waals surface area contributed by atoms with E-state index in [2.05, 4.69) is 21.2 Å². The first kappa shape index (κ1) is 16.0. The molecule has 0 atom stereocenters. The molecule has 1 rings (SSSR count). The largest absolute Gasteiger partial charge is 0.481 e. The summed E-state index contributed by atoms with van der Waals surface area (Å²) in [6, 6.07) is 7.88. The minimum Gasteiger partial charge on any atom is -0.481 e. The molecule has 0 aromatic heterocycles. The van der Waals surface area contributed by atoms with Crippen molar-refractivity contribution in [2.24, 2.45) is 0 Å². The average Bonchev–Trinajstić information content (AvgIpc) is 2.37. The van der Waals surface area contributed by atoms with Gasteiger partial charge in [-0.15, -0.1) is 11.8 Å². The molecule has 0 saturated carbocycles. The number of rotatable bonds is 8. The minimum absolute atomic E-state index is 0.00107. The number of aliphatic carboxylic acids is 1. The van der Waals surface area contributed by atoms with E-state index < -0.39 is 5.97 Å². The summed E-state index contributed by atoms with van der Waals surface area (Å²) in [6.45, 7) is 0.511. The lowest BCUT2D eigenvalue weighted by atomic mass is 10.1. The van der Waals surface area contributed by atoms with Crippen molar-refractivity contribution in [1.82, 2.24) is 5.32 Å². The Bertz CT molecular complexity index is 422. The van der Waals surface area contributed by atoms with Gasteiger partial charge in [-0.2, -0.15) is 0 Å². The Morgan fingerprint density at radius 2 is 1.95 bits per heavy atom. The fraction of sp³-hybridized carbons (Fsp3) is 0.385. The maximum Gasteiger partial charge on any atom is 0.313 e. The number of nitrogens with one attached hydrogen (secondary N) is 1. The SMILES string of the molecule is O=C(O)CSCCNC(=O)CCc1ccc(Br)cc1. The summed E-state index contributed by atoms with van der Waals surface area (Å²) >= 11 is 4.66. The first-order chi connectivity index (χ1) is 9.08. The predicted octanol–water partition coefficient (Wildman–Crippen LogP) is 2.32. The third-order valence-corrected chi connectivity index (χ3v) is 3.82. The molecule has 0 spiro atoms. The van der Waals surface area contributed by atoms with Crippen molar-refractivity contribution < 1.29 is 14.7 Å². The van der Waals surface area contributed by atoms with E-state index in [1.807, 2.05) is 24.3 Å². The number of thioether (sulfide) groups is 1. The number of carbonyl (C=O) groups excluding carboxylic acids is 1. The van der Waals surface area contributed by atoms with Crippen LogP contribution in [0.4, 0.5) is 0 Å². The number of halogens is 1. The number of hydrogen-bond donors (Lipinski definition) is 2.